The van der Waals surface area contributed by atoms with E-state index in [1.165, 1.54) is 12.8 Å². The molecule has 1 fully saturated rings. The first-order valence-corrected chi connectivity index (χ1v) is 12.5. The molecule has 4 N–H and O–H groups in total. The molecular formula is C21H33N3O7S. The molecule has 0 saturated heterocycles. The van der Waals surface area contributed by atoms with E-state index in [0.29, 0.717) is 6.42 Å². The van der Waals surface area contributed by atoms with E-state index >= 15 is 0 Å². The first kappa shape index (κ1) is 25.9. The zero-order chi connectivity index (χ0) is 23.4. The van der Waals surface area contributed by atoms with Gasteiger partial charge in [0.15, 0.2) is 0 Å². The predicted octanol–water partition coefficient (Wildman–Crippen LogP) is 1.69. The fraction of sp³-hybridized carbons (Fsp3) is 0.619. The van der Waals surface area contributed by atoms with Crippen molar-refractivity contribution >= 4 is 22.0 Å². The van der Waals surface area contributed by atoms with Crippen molar-refractivity contribution in [3.63, 3.8) is 0 Å². The van der Waals surface area contributed by atoms with Gasteiger partial charge in [-0.1, -0.05) is 12.1 Å². The van der Waals surface area contributed by atoms with E-state index in [4.69, 9.17) is 20.3 Å². The summed E-state index contributed by atoms with van der Waals surface area (Å²) in [6, 6.07) is 7.73. The minimum absolute atomic E-state index is 0.0712. The van der Waals surface area contributed by atoms with Crippen molar-refractivity contribution in [1.82, 2.24) is 9.62 Å². The van der Waals surface area contributed by atoms with Crippen LogP contribution in [0.1, 0.15) is 44.1 Å². The Labute approximate surface area is 189 Å². The van der Waals surface area contributed by atoms with Crippen molar-refractivity contribution in [2.75, 3.05) is 32.2 Å². The molecule has 0 spiro atoms. The molecule has 1 saturated carbocycles. The number of amides is 2. The van der Waals surface area contributed by atoms with Crippen LogP contribution in [0.25, 0.3) is 0 Å². The summed E-state index contributed by atoms with van der Waals surface area (Å²) in [6.07, 6.45) is 4.24. The van der Waals surface area contributed by atoms with Crippen LogP contribution in [0.5, 0.6) is 5.75 Å². The number of sulfonamides is 1. The summed E-state index contributed by atoms with van der Waals surface area (Å²) in [5, 5.41) is 9.03. The highest BCUT2D eigenvalue weighted by Gasteiger charge is 2.17. The first-order chi connectivity index (χ1) is 15.2. The van der Waals surface area contributed by atoms with Gasteiger partial charge in [-0.05, 0) is 56.2 Å². The maximum absolute atomic E-state index is 12.2. The second-order valence-corrected chi connectivity index (χ2v) is 9.71. The van der Waals surface area contributed by atoms with Gasteiger partial charge >= 0.3 is 6.09 Å². The second-order valence-electron chi connectivity index (χ2n) is 7.79. The molecule has 0 heterocycles. The zero-order valence-electron chi connectivity index (χ0n) is 18.2. The largest absolute Gasteiger partial charge is 0.490 e. The van der Waals surface area contributed by atoms with Crippen molar-refractivity contribution in [1.29, 1.82) is 0 Å². The summed E-state index contributed by atoms with van der Waals surface area (Å²) in [6.45, 7) is 0.0184. The van der Waals surface area contributed by atoms with Crippen molar-refractivity contribution in [3.8, 4) is 5.75 Å². The van der Waals surface area contributed by atoms with Gasteiger partial charge in [-0.2, -0.15) is 0 Å². The van der Waals surface area contributed by atoms with E-state index in [1.807, 2.05) is 24.3 Å². The molecule has 1 aliphatic rings. The predicted molar refractivity (Wildman–Crippen MR) is 119 cm³/mol. The molecule has 32 heavy (non-hydrogen) atoms. The molecule has 0 aliphatic heterocycles. The zero-order valence-corrected chi connectivity index (χ0v) is 19.0. The van der Waals surface area contributed by atoms with Crippen LogP contribution in [0.2, 0.25) is 0 Å². The van der Waals surface area contributed by atoms with Gasteiger partial charge < -0.3 is 20.3 Å². The van der Waals surface area contributed by atoms with Gasteiger partial charge in [0, 0.05) is 26.1 Å². The Kier molecular flexibility index (Phi) is 10.7. The van der Waals surface area contributed by atoms with Crippen molar-refractivity contribution in [3.05, 3.63) is 29.8 Å². The fourth-order valence-electron chi connectivity index (χ4n) is 3.38. The highest BCUT2D eigenvalue weighted by atomic mass is 32.2. The quantitative estimate of drug-likeness (QED) is 0.260. The van der Waals surface area contributed by atoms with E-state index in [-0.39, 0.29) is 51.1 Å². The molecule has 0 radical (unpaired) electrons. The summed E-state index contributed by atoms with van der Waals surface area (Å²) in [7, 11) is -3.47. The van der Waals surface area contributed by atoms with Crippen LogP contribution in [-0.2, 0) is 26.0 Å². The lowest BCUT2D eigenvalue weighted by atomic mass is 10.1. The number of nitrogens with one attached hydrogen (secondary N) is 1. The molecule has 2 rings (SSSR count). The SMILES string of the molecule is NC(=O)CCN(COCCCS(=O)(=O)NCCc1cccc(OC2CCCC2)c1)C(=O)O. The molecular weight excluding hydrogens is 438 g/mol. The van der Waals surface area contributed by atoms with Gasteiger partial charge in [0.2, 0.25) is 15.9 Å². The van der Waals surface area contributed by atoms with Crippen LogP contribution in [-0.4, -0.2) is 68.7 Å². The Morgan fingerprint density at radius 3 is 2.69 bits per heavy atom. The van der Waals surface area contributed by atoms with Gasteiger partial charge in [-0.15, -0.1) is 0 Å². The van der Waals surface area contributed by atoms with E-state index < -0.39 is 22.0 Å². The Morgan fingerprint density at radius 1 is 1.25 bits per heavy atom. The van der Waals surface area contributed by atoms with Gasteiger partial charge in [0.1, 0.15) is 12.5 Å². The third-order valence-corrected chi connectivity index (χ3v) is 6.56. The molecule has 2 amide bonds. The fourth-order valence-corrected chi connectivity index (χ4v) is 4.44. The summed E-state index contributed by atoms with van der Waals surface area (Å²) in [5.41, 5.74) is 6.00. The monoisotopic (exact) mass is 471 g/mol. The number of nitrogens with zero attached hydrogens (tertiary/aromatic N) is 1. The van der Waals surface area contributed by atoms with Crippen molar-refractivity contribution < 1.29 is 32.6 Å². The Balaban J connectivity index is 1.64. The number of hydrogen-bond donors (Lipinski definition) is 3. The second kappa shape index (κ2) is 13.2. The third-order valence-electron chi connectivity index (χ3n) is 5.09. The average Bonchev–Trinajstić information content (AvgIpc) is 3.22. The third kappa shape index (κ3) is 10.3. The van der Waals surface area contributed by atoms with Gasteiger partial charge in [-0.25, -0.2) is 17.9 Å². The lowest BCUT2D eigenvalue weighted by Gasteiger charge is -2.18. The number of primary amides is 1. The van der Waals surface area contributed by atoms with Crippen LogP contribution >= 0.6 is 0 Å². The van der Waals surface area contributed by atoms with Crippen LogP contribution in [0, 0.1) is 0 Å². The molecule has 0 unspecified atom stereocenters. The molecule has 180 valence electrons. The Hall–Kier alpha value is -2.37. The number of benzene rings is 1. The maximum atomic E-state index is 12.2. The van der Waals surface area contributed by atoms with Crippen LogP contribution < -0.4 is 15.2 Å². The molecule has 0 atom stereocenters. The number of ether oxygens (including phenoxy) is 2. The van der Waals surface area contributed by atoms with E-state index in [0.717, 1.165) is 29.1 Å². The van der Waals surface area contributed by atoms with Gasteiger partial charge in [-0.3, -0.25) is 9.69 Å². The smallest absolute Gasteiger partial charge is 0.409 e. The minimum atomic E-state index is -3.47. The number of hydrogen-bond acceptors (Lipinski definition) is 6. The molecule has 11 heteroatoms. The molecule has 10 nitrogen and oxygen atoms in total. The molecule has 0 aromatic heterocycles. The summed E-state index contributed by atoms with van der Waals surface area (Å²) in [5.74, 6) is 0.0775. The van der Waals surface area contributed by atoms with E-state index in [1.54, 1.807) is 0 Å². The molecule has 1 aliphatic carbocycles. The standard InChI is InChI=1S/C21H33N3O7S/c22-20(25)10-12-24(21(26)27)16-30-13-4-14-32(28,29)23-11-9-17-5-3-8-19(15-17)31-18-6-1-2-7-18/h3,5,8,15,18,23H,1-2,4,6-7,9-14,16H2,(H2,22,25)(H,26,27). The molecule has 0 bridgehead atoms. The summed E-state index contributed by atoms with van der Waals surface area (Å²) in [4.78, 5) is 22.7. The number of carbonyl (C=O) groups excluding carboxylic acids is 1. The molecule has 1 aromatic rings. The summed E-state index contributed by atoms with van der Waals surface area (Å²) < 4.78 is 38.1. The van der Waals surface area contributed by atoms with Crippen molar-refractivity contribution in [2.24, 2.45) is 5.73 Å². The van der Waals surface area contributed by atoms with Gasteiger partial charge in [0.05, 0.1) is 11.9 Å². The number of carboxylic acid groups (broad SMARTS) is 1. The Morgan fingerprint density at radius 2 is 2.00 bits per heavy atom. The number of nitrogens with two attached hydrogens (primary N) is 1. The highest BCUT2D eigenvalue weighted by molar-refractivity contribution is 7.89. The van der Waals surface area contributed by atoms with Crippen LogP contribution in [0.3, 0.4) is 0 Å². The maximum Gasteiger partial charge on any atom is 0.409 e. The summed E-state index contributed by atoms with van der Waals surface area (Å²) >= 11 is 0. The number of carbonyl (C=O) groups is 2. The lowest BCUT2D eigenvalue weighted by molar-refractivity contribution is -0.118. The average molecular weight is 472 g/mol. The number of rotatable bonds is 15. The van der Waals surface area contributed by atoms with E-state index in [9.17, 15) is 18.0 Å². The Bertz CT molecular complexity index is 842. The molecule has 1 aromatic carbocycles. The van der Waals surface area contributed by atoms with E-state index in [2.05, 4.69) is 4.72 Å². The van der Waals surface area contributed by atoms with Crippen LogP contribution in [0.4, 0.5) is 4.79 Å². The van der Waals surface area contributed by atoms with Gasteiger partial charge in [0.25, 0.3) is 0 Å². The lowest BCUT2D eigenvalue weighted by Crippen LogP contribution is -2.35. The van der Waals surface area contributed by atoms with Crippen molar-refractivity contribution in [2.45, 2.75) is 51.0 Å². The normalized spacial score (nSPS) is 14.4. The minimum Gasteiger partial charge on any atom is -0.490 e. The van der Waals surface area contributed by atoms with Crippen LogP contribution in [0.15, 0.2) is 24.3 Å². The topological polar surface area (TPSA) is 148 Å². The highest BCUT2D eigenvalue weighted by Crippen LogP contribution is 2.24. The first-order valence-electron chi connectivity index (χ1n) is 10.8.